The molecular weight excluding hydrogens is 373 g/mol. The molecule has 3 rings (SSSR count). The van der Waals surface area contributed by atoms with Gasteiger partial charge in [0.1, 0.15) is 6.54 Å². The van der Waals surface area contributed by atoms with E-state index in [2.05, 4.69) is 20.0 Å². The van der Waals surface area contributed by atoms with Crippen LogP contribution in [0.1, 0.15) is 11.5 Å². The monoisotopic (exact) mass is 384 g/mol. The van der Waals surface area contributed by atoms with Crippen molar-refractivity contribution in [2.24, 2.45) is 0 Å². The van der Waals surface area contributed by atoms with Crippen molar-refractivity contribution in [3.8, 4) is 11.4 Å². The second-order valence-electron chi connectivity index (χ2n) is 5.21. The summed E-state index contributed by atoms with van der Waals surface area (Å²) < 4.78 is 42.7. The van der Waals surface area contributed by atoms with E-state index in [4.69, 9.17) is 0 Å². The molecule has 11 heteroatoms. The molecule has 1 N–H and O–H groups in total. The van der Waals surface area contributed by atoms with Crippen LogP contribution in [0.4, 0.5) is 13.2 Å². The standard InChI is InChI=1S/C15H11F3N4O3S/c16-15(17,18)14-20-13(21-25-14)10-1-3-22(12(24)5-10)7-11(23)19-6-9-2-4-26-8-9/h1-5,8H,6-7H2,(H,19,23). The summed E-state index contributed by atoms with van der Waals surface area (Å²) in [7, 11) is 0. The topological polar surface area (TPSA) is 90.0 Å². The fraction of sp³-hybridized carbons (Fsp3) is 0.200. The van der Waals surface area contributed by atoms with Gasteiger partial charge in [0.05, 0.1) is 0 Å². The van der Waals surface area contributed by atoms with E-state index in [0.717, 1.165) is 16.2 Å². The fourth-order valence-corrected chi connectivity index (χ4v) is 2.71. The lowest BCUT2D eigenvalue weighted by molar-refractivity contribution is -0.159. The van der Waals surface area contributed by atoms with Crippen LogP contribution in [-0.2, 0) is 24.1 Å². The smallest absolute Gasteiger partial charge is 0.350 e. The van der Waals surface area contributed by atoms with Crippen molar-refractivity contribution < 1.29 is 22.5 Å². The van der Waals surface area contributed by atoms with E-state index < -0.39 is 17.6 Å². The van der Waals surface area contributed by atoms with E-state index in [-0.39, 0.29) is 23.8 Å². The van der Waals surface area contributed by atoms with Gasteiger partial charge in [0.25, 0.3) is 5.56 Å². The maximum absolute atomic E-state index is 12.5. The molecule has 0 saturated heterocycles. The Labute approximate surface area is 148 Å². The molecule has 0 spiro atoms. The van der Waals surface area contributed by atoms with Gasteiger partial charge >= 0.3 is 12.1 Å². The van der Waals surface area contributed by atoms with Crippen molar-refractivity contribution in [1.29, 1.82) is 0 Å². The lowest BCUT2D eigenvalue weighted by Gasteiger charge is -2.07. The number of rotatable bonds is 5. The molecule has 0 aliphatic heterocycles. The summed E-state index contributed by atoms with van der Waals surface area (Å²) in [6, 6.07) is 4.24. The Bertz CT molecular complexity index is 963. The molecule has 0 saturated carbocycles. The van der Waals surface area contributed by atoms with Crippen LogP contribution in [0.25, 0.3) is 11.4 Å². The van der Waals surface area contributed by atoms with Crippen molar-refractivity contribution in [3.05, 3.63) is 57.0 Å². The van der Waals surface area contributed by atoms with E-state index in [1.165, 1.54) is 23.6 Å². The van der Waals surface area contributed by atoms with E-state index >= 15 is 0 Å². The number of nitrogens with zero attached hydrogens (tertiary/aromatic N) is 3. The van der Waals surface area contributed by atoms with Crippen LogP contribution >= 0.6 is 11.3 Å². The maximum atomic E-state index is 12.5. The fourth-order valence-electron chi connectivity index (χ4n) is 2.04. The molecule has 0 aliphatic rings. The summed E-state index contributed by atoms with van der Waals surface area (Å²) in [6.07, 6.45) is -3.48. The summed E-state index contributed by atoms with van der Waals surface area (Å²) in [5, 5.41) is 9.65. The zero-order valence-electron chi connectivity index (χ0n) is 13.0. The third kappa shape index (κ3) is 4.17. The van der Waals surface area contributed by atoms with Gasteiger partial charge in [-0.05, 0) is 28.5 Å². The number of amides is 1. The first-order chi connectivity index (χ1) is 12.3. The SMILES string of the molecule is O=C(Cn1ccc(-c2noc(C(F)(F)F)n2)cc1=O)NCc1ccsc1. The van der Waals surface area contributed by atoms with E-state index in [1.807, 2.05) is 16.8 Å². The van der Waals surface area contributed by atoms with Crippen molar-refractivity contribution in [3.63, 3.8) is 0 Å². The van der Waals surface area contributed by atoms with Gasteiger partial charge in [-0.15, -0.1) is 0 Å². The zero-order chi connectivity index (χ0) is 18.7. The second kappa shape index (κ2) is 7.12. The second-order valence-corrected chi connectivity index (χ2v) is 5.99. The molecule has 3 aromatic rings. The quantitative estimate of drug-likeness (QED) is 0.729. The minimum absolute atomic E-state index is 0.0594. The number of alkyl halides is 3. The highest BCUT2D eigenvalue weighted by Gasteiger charge is 2.38. The number of halogens is 3. The molecule has 0 radical (unpaired) electrons. The molecule has 0 unspecified atom stereocenters. The van der Waals surface area contributed by atoms with Crippen LogP contribution in [-0.4, -0.2) is 20.6 Å². The minimum atomic E-state index is -4.76. The first-order valence-corrected chi connectivity index (χ1v) is 8.17. The van der Waals surface area contributed by atoms with E-state index in [9.17, 15) is 22.8 Å². The van der Waals surface area contributed by atoms with Gasteiger partial charge < -0.3 is 14.4 Å². The Balaban J connectivity index is 1.68. The van der Waals surface area contributed by atoms with Crippen LogP contribution in [0.2, 0.25) is 0 Å². The Kier molecular flexibility index (Phi) is 4.89. The first-order valence-electron chi connectivity index (χ1n) is 7.22. The Morgan fingerprint density at radius 2 is 2.15 bits per heavy atom. The molecule has 0 fully saturated rings. The van der Waals surface area contributed by atoms with Crippen LogP contribution in [0.3, 0.4) is 0 Å². The molecule has 136 valence electrons. The predicted molar refractivity (Wildman–Crippen MR) is 85.2 cm³/mol. The maximum Gasteiger partial charge on any atom is 0.471 e. The highest BCUT2D eigenvalue weighted by atomic mass is 32.1. The molecule has 3 heterocycles. The Morgan fingerprint density at radius 1 is 1.35 bits per heavy atom. The van der Waals surface area contributed by atoms with Crippen molar-refractivity contribution in [2.75, 3.05) is 0 Å². The number of carbonyl (C=O) groups is 1. The van der Waals surface area contributed by atoms with Gasteiger partial charge in [-0.3, -0.25) is 9.59 Å². The molecule has 0 aliphatic carbocycles. The summed E-state index contributed by atoms with van der Waals surface area (Å²) in [5.74, 6) is -2.22. The summed E-state index contributed by atoms with van der Waals surface area (Å²) in [4.78, 5) is 27.2. The van der Waals surface area contributed by atoms with Crippen molar-refractivity contribution >= 4 is 17.2 Å². The number of nitrogens with one attached hydrogen (secondary N) is 1. The van der Waals surface area contributed by atoms with Crippen LogP contribution in [0, 0.1) is 0 Å². The number of thiophene rings is 1. The Hall–Kier alpha value is -2.95. The van der Waals surface area contributed by atoms with Gasteiger partial charge in [0, 0.05) is 24.4 Å². The zero-order valence-corrected chi connectivity index (χ0v) is 13.8. The molecule has 26 heavy (non-hydrogen) atoms. The summed E-state index contributed by atoms with van der Waals surface area (Å²) in [5.41, 5.74) is 0.430. The molecule has 0 aromatic carbocycles. The van der Waals surface area contributed by atoms with E-state index in [0.29, 0.717) is 6.54 Å². The normalized spacial score (nSPS) is 11.5. The Morgan fingerprint density at radius 3 is 2.77 bits per heavy atom. The molecule has 7 nitrogen and oxygen atoms in total. The highest BCUT2D eigenvalue weighted by Crippen LogP contribution is 2.28. The third-order valence-electron chi connectivity index (χ3n) is 3.31. The average Bonchev–Trinajstić information content (AvgIpc) is 3.26. The van der Waals surface area contributed by atoms with Gasteiger partial charge in [0.2, 0.25) is 11.7 Å². The summed E-state index contributed by atoms with van der Waals surface area (Å²) in [6.45, 7) is 0.127. The summed E-state index contributed by atoms with van der Waals surface area (Å²) >= 11 is 1.50. The van der Waals surface area contributed by atoms with Crippen LogP contribution in [0.15, 0.2) is 44.5 Å². The molecule has 1 amide bonds. The van der Waals surface area contributed by atoms with Gasteiger partial charge in [-0.1, -0.05) is 5.16 Å². The number of aromatic nitrogens is 3. The average molecular weight is 384 g/mol. The van der Waals surface area contributed by atoms with Crippen molar-refractivity contribution in [1.82, 2.24) is 20.0 Å². The lowest BCUT2D eigenvalue weighted by Crippen LogP contribution is -2.31. The van der Waals surface area contributed by atoms with Gasteiger partial charge in [-0.25, -0.2) is 0 Å². The molecule has 0 bridgehead atoms. The molecule has 3 aromatic heterocycles. The van der Waals surface area contributed by atoms with Gasteiger partial charge in [-0.2, -0.15) is 29.5 Å². The number of hydrogen-bond donors (Lipinski definition) is 1. The molecular formula is C15H11F3N4O3S. The predicted octanol–water partition coefficient (Wildman–Crippen LogP) is 2.29. The lowest BCUT2D eigenvalue weighted by atomic mass is 10.2. The van der Waals surface area contributed by atoms with E-state index in [1.54, 1.807) is 0 Å². The van der Waals surface area contributed by atoms with Gasteiger partial charge in [0.15, 0.2) is 0 Å². The largest absolute Gasteiger partial charge is 0.471 e. The molecule has 0 atom stereocenters. The third-order valence-corrected chi connectivity index (χ3v) is 4.04. The van der Waals surface area contributed by atoms with Crippen molar-refractivity contribution in [2.45, 2.75) is 19.3 Å². The highest BCUT2D eigenvalue weighted by molar-refractivity contribution is 7.07. The number of carbonyl (C=O) groups excluding carboxylic acids is 1. The number of pyridine rings is 1. The number of hydrogen-bond acceptors (Lipinski definition) is 6. The van der Waals surface area contributed by atoms with Crippen LogP contribution in [0.5, 0.6) is 0 Å². The minimum Gasteiger partial charge on any atom is -0.350 e. The van der Waals surface area contributed by atoms with Crippen LogP contribution < -0.4 is 10.9 Å². The first kappa shape index (κ1) is 17.9.